The summed E-state index contributed by atoms with van der Waals surface area (Å²) in [4.78, 5) is 22.8. The van der Waals surface area contributed by atoms with Crippen LogP contribution in [0.5, 0.6) is 0 Å². The number of carboxylic acid groups (broad SMARTS) is 1. The SMILES string of the molecule is CC(NC(=O)c1cnn(CC(=O)O)c1)C1CC2CCC1C2. The van der Waals surface area contributed by atoms with E-state index >= 15 is 0 Å². The second-order valence-corrected chi connectivity index (χ2v) is 6.42. The van der Waals surface area contributed by atoms with Gasteiger partial charge in [0.05, 0.1) is 11.8 Å². The Morgan fingerprint density at radius 3 is 2.90 bits per heavy atom. The molecule has 1 aromatic heterocycles. The number of nitrogens with one attached hydrogen (secondary N) is 1. The molecule has 2 bridgehead atoms. The molecular weight excluding hydrogens is 270 g/mol. The van der Waals surface area contributed by atoms with Gasteiger partial charge in [-0.05, 0) is 43.9 Å². The average Bonchev–Trinajstić information content (AvgIpc) is 3.12. The maximum Gasteiger partial charge on any atom is 0.325 e. The predicted molar refractivity (Wildman–Crippen MR) is 75.7 cm³/mol. The lowest BCUT2D eigenvalue weighted by molar-refractivity contribution is -0.137. The highest BCUT2D eigenvalue weighted by Crippen LogP contribution is 2.49. The second-order valence-electron chi connectivity index (χ2n) is 6.42. The monoisotopic (exact) mass is 291 g/mol. The number of amides is 1. The van der Waals surface area contributed by atoms with E-state index in [1.54, 1.807) is 0 Å². The summed E-state index contributed by atoms with van der Waals surface area (Å²) in [5.74, 6) is 1.07. The lowest BCUT2D eigenvalue weighted by Crippen LogP contribution is -2.40. The minimum Gasteiger partial charge on any atom is -0.480 e. The lowest BCUT2D eigenvalue weighted by Gasteiger charge is -2.28. The first-order valence-electron chi connectivity index (χ1n) is 7.58. The van der Waals surface area contributed by atoms with Crippen molar-refractivity contribution < 1.29 is 14.7 Å². The summed E-state index contributed by atoms with van der Waals surface area (Å²) in [5.41, 5.74) is 0.422. The number of carbonyl (C=O) groups excluding carboxylic acids is 1. The fraction of sp³-hybridized carbons (Fsp3) is 0.667. The van der Waals surface area contributed by atoms with Gasteiger partial charge < -0.3 is 10.4 Å². The summed E-state index contributed by atoms with van der Waals surface area (Å²) in [7, 11) is 0. The molecule has 0 aromatic carbocycles. The normalized spacial score (nSPS) is 28.5. The average molecular weight is 291 g/mol. The Hall–Kier alpha value is -1.85. The highest BCUT2D eigenvalue weighted by Gasteiger charge is 2.42. The van der Waals surface area contributed by atoms with E-state index in [9.17, 15) is 9.59 Å². The Kier molecular flexibility index (Phi) is 3.69. The van der Waals surface area contributed by atoms with E-state index in [-0.39, 0.29) is 18.5 Å². The first-order chi connectivity index (χ1) is 10.0. The Labute approximate surface area is 123 Å². The quantitative estimate of drug-likeness (QED) is 0.861. The van der Waals surface area contributed by atoms with Crippen LogP contribution in [0.4, 0.5) is 0 Å². The lowest BCUT2D eigenvalue weighted by atomic mass is 9.84. The molecule has 0 aliphatic heterocycles. The molecule has 1 amide bonds. The molecular formula is C15H21N3O3. The van der Waals surface area contributed by atoms with Crippen molar-refractivity contribution in [3.05, 3.63) is 18.0 Å². The molecule has 0 radical (unpaired) electrons. The number of carboxylic acids is 1. The van der Waals surface area contributed by atoms with Crippen molar-refractivity contribution in [2.75, 3.05) is 0 Å². The number of carbonyl (C=O) groups is 2. The van der Waals surface area contributed by atoms with Crippen molar-refractivity contribution in [2.45, 2.75) is 45.2 Å². The predicted octanol–water partition coefficient (Wildman–Crippen LogP) is 1.52. The molecule has 1 aromatic rings. The van der Waals surface area contributed by atoms with Gasteiger partial charge in [0.25, 0.3) is 5.91 Å². The van der Waals surface area contributed by atoms with Gasteiger partial charge >= 0.3 is 5.97 Å². The molecule has 2 fully saturated rings. The molecule has 1 heterocycles. The van der Waals surface area contributed by atoms with Crippen LogP contribution in [0.15, 0.2) is 12.4 Å². The molecule has 114 valence electrons. The van der Waals surface area contributed by atoms with Crippen molar-refractivity contribution in [2.24, 2.45) is 17.8 Å². The van der Waals surface area contributed by atoms with Crippen LogP contribution < -0.4 is 5.32 Å². The molecule has 4 atom stereocenters. The van der Waals surface area contributed by atoms with Crippen LogP contribution in [-0.4, -0.2) is 32.8 Å². The van der Waals surface area contributed by atoms with Gasteiger partial charge in [-0.15, -0.1) is 0 Å². The van der Waals surface area contributed by atoms with Gasteiger partial charge in [0.2, 0.25) is 0 Å². The van der Waals surface area contributed by atoms with Gasteiger partial charge in [-0.2, -0.15) is 5.10 Å². The number of nitrogens with zero attached hydrogens (tertiary/aromatic N) is 2. The molecule has 3 rings (SSSR count). The molecule has 2 N–H and O–H groups in total. The number of aliphatic carboxylic acids is 1. The van der Waals surface area contributed by atoms with Gasteiger partial charge in [-0.3, -0.25) is 14.3 Å². The van der Waals surface area contributed by atoms with Crippen LogP contribution in [0.2, 0.25) is 0 Å². The molecule has 0 spiro atoms. The van der Waals surface area contributed by atoms with Crippen molar-refractivity contribution >= 4 is 11.9 Å². The molecule has 2 aliphatic carbocycles. The zero-order valence-corrected chi connectivity index (χ0v) is 12.2. The highest BCUT2D eigenvalue weighted by atomic mass is 16.4. The Bertz CT molecular complexity index is 554. The summed E-state index contributed by atoms with van der Waals surface area (Å²) in [6, 6.07) is 0.163. The molecule has 2 aliphatic rings. The maximum atomic E-state index is 12.2. The Balaban J connectivity index is 1.58. The number of rotatable bonds is 5. The minimum absolute atomic E-state index is 0.163. The number of fused-ring (bicyclic) bond motifs is 2. The van der Waals surface area contributed by atoms with Gasteiger partial charge in [-0.25, -0.2) is 0 Å². The van der Waals surface area contributed by atoms with Crippen LogP contribution in [0.1, 0.15) is 43.0 Å². The third-order valence-electron chi connectivity index (χ3n) is 4.99. The summed E-state index contributed by atoms with van der Waals surface area (Å²) in [5, 5.41) is 15.6. The molecule has 4 unspecified atom stereocenters. The van der Waals surface area contributed by atoms with E-state index in [4.69, 9.17) is 5.11 Å². The smallest absolute Gasteiger partial charge is 0.325 e. The van der Waals surface area contributed by atoms with E-state index in [0.717, 1.165) is 11.8 Å². The molecule has 6 nitrogen and oxygen atoms in total. The Morgan fingerprint density at radius 1 is 1.48 bits per heavy atom. The van der Waals surface area contributed by atoms with Crippen molar-refractivity contribution in [3.63, 3.8) is 0 Å². The van der Waals surface area contributed by atoms with Crippen LogP contribution >= 0.6 is 0 Å². The summed E-state index contributed by atoms with van der Waals surface area (Å²) < 4.78 is 1.26. The molecule has 21 heavy (non-hydrogen) atoms. The number of aromatic nitrogens is 2. The minimum atomic E-state index is -0.972. The topological polar surface area (TPSA) is 84.2 Å². The van der Waals surface area contributed by atoms with E-state index in [1.165, 1.54) is 42.8 Å². The largest absolute Gasteiger partial charge is 0.480 e. The van der Waals surface area contributed by atoms with Crippen LogP contribution in [-0.2, 0) is 11.3 Å². The molecule has 6 heteroatoms. The third kappa shape index (κ3) is 2.94. The van der Waals surface area contributed by atoms with Crippen LogP contribution in [0.3, 0.4) is 0 Å². The maximum absolute atomic E-state index is 12.2. The zero-order chi connectivity index (χ0) is 15.0. The number of hydrogen-bond acceptors (Lipinski definition) is 3. The standard InChI is InChI=1S/C15H21N3O3/c1-9(13-5-10-2-3-11(13)4-10)17-15(21)12-6-16-18(7-12)8-14(19)20/h6-7,9-11,13H,2-5,8H2,1H3,(H,17,21)(H,19,20). The summed E-state index contributed by atoms with van der Waals surface area (Å²) >= 11 is 0. The van der Waals surface area contributed by atoms with E-state index < -0.39 is 5.97 Å². The molecule has 2 saturated carbocycles. The van der Waals surface area contributed by atoms with Gasteiger partial charge in [0, 0.05) is 12.2 Å². The van der Waals surface area contributed by atoms with Crippen molar-refractivity contribution in [3.8, 4) is 0 Å². The number of hydrogen-bond donors (Lipinski definition) is 2. The summed E-state index contributed by atoms with van der Waals surface area (Å²) in [6.07, 6.45) is 8.10. The van der Waals surface area contributed by atoms with Crippen molar-refractivity contribution in [1.82, 2.24) is 15.1 Å². The third-order valence-corrected chi connectivity index (χ3v) is 4.99. The van der Waals surface area contributed by atoms with E-state index in [0.29, 0.717) is 11.5 Å². The van der Waals surface area contributed by atoms with Crippen molar-refractivity contribution in [1.29, 1.82) is 0 Å². The fourth-order valence-electron chi connectivity index (χ4n) is 4.01. The fourth-order valence-corrected chi connectivity index (χ4v) is 4.01. The Morgan fingerprint density at radius 2 is 2.29 bits per heavy atom. The summed E-state index contributed by atoms with van der Waals surface area (Å²) in [6.45, 7) is 1.85. The zero-order valence-electron chi connectivity index (χ0n) is 12.2. The second kappa shape index (κ2) is 5.50. The van der Waals surface area contributed by atoms with E-state index in [2.05, 4.69) is 17.3 Å². The molecule has 0 saturated heterocycles. The van der Waals surface area contributed by atoms with Gasteiger partial charge in [0.15, 0.2) is 0 Å². The van der Waals surface area contributed by atoms with E-state index in [1.807, 2.05) is 0 Å². The van der Waals surface area contributed by atoms with Gasteiger partial charge in [0.1, 0.15) is 6.54 Å². The van der Waals surface area contributed by atoms with Crippen LogP contribution in [0.25, 0.3) is 0 Å². The first-order valence-corrected chi connectivity index (χ1v) is 7.58. The highest BCUT2D eigenvalue weighted by molar-refractivity contribution is 5.93. The first kappa shape index (κ1) is 14.1. The van der Waals surface area contributed by atoms with Gasteiger partial charge in [-0.1, -0.05) is 6.42 Å². The van der Waals surface area contributed by atoms with Crippen LogP contribution in [0, 0.1) is 17.8 Å².